The van der Waals surface area contributed by atoms with E-state index in [1.807, 2.05) is 0 Å². The molecule has 4 nitrogen and oxygen atoms in total. The second-order valence-electron chi connectivity index (χ2n) is 1.14. The van der Waals surface area contributed by atoms with Gasteiger partial charge in [-0.1, -0.05) is 0 Å². The van der Waals surface area contributed by atoms with Crippen LogP contribution < -0.4 is 11.2 Å². The minimum atomic E-state index is -0.648. The summed E-state index contributed by atoms with van der Waals surface area (Å²) < 4.78 is 0. The average molecular weight is 106 g/mol. The van der Waals surface area contributed by atoms with Crippen molar-refractivity contribution in [2.45, 2.75) is 6.23 Å². The lowest BCUT2D eigenvalue weighted by Crippen LogP contribution is -2.30. The zero-order chi connectivity index (χ0) is 5.70. The number of aliphatic hydroxyl groups is 1. The van der Waals surface area contributed by atoms with Crippen LogP contribution in [-0.4, -0.2) is 25.0 Å². The van der Waals surface area contributed by atoms with Gasteiger partial charge >= 0.3 is 0 Å². The van der Waals surface area contributed by atoms with Crippen molar-refractivity contribution in [1.82, 2.24) is 5.32 Å². The molecule has 0 aromatic carbocycles. The summed E-state index contributed by atoms with van der Waals surface area (Å²) in [6.45, 7) is 0.122. The van der Waals surface area contributed by atoms with Gasteiger partial charge in [-0.2, -0.15) is 0 Å². The summed E-state index contributed by atoms with van der Waals surface area (Å²) in [5.74, 6) is 4.61. The summed E-state index contributed by atoms with van der Waals surface area (Å²) in [4.78, 5) is 4.08. The predicted octanol–water partition coefficient (Wildman–Crippen LogP) is -1.59. The molecular formula is C3H10N2O2. The van der Waals surface area contributed by atoms with Crippen LogP contribution in [0.2, 0.25) is 0 Å². The van der Waals surface area contributed by atoms with Gasteiger partial charge in [0, 0.05) is 0 Å². The van der Waals surface area contributed by atoms with Crippen molar-refractivity contribution >= 4 is 0 Å². The molecule has 0 fully saturated rings. The standard InChI is InChI=1S/C3H10N2O2/c1-5-3(6)2-7-4/h3,5-6H,2,4H2,1H3. The first kappa shape index (κ1) is 6.84. The molecule has 1 atom stereocenters. The lowest BCUT2D eigenvalue weighted by atomic mass is 10.6. The van der Waals surface area contributed by atoms with Crippen LogP contribution in [0.1, 0.15) is 0 Å². The van der Waals surface area contributed by atoms with Gasteiger partial charge in [-0.15, -0.1) is 0 Å². The Balaban J connectivity index is 2.83. The van der Waals surface area contributed by atoms with E-state index in [9.17, 15) is 0 Å². The molecule has 0 bridgehead atoms. The van der Waals surface area contributed by atoms with Crippen molar-refractivity contribution in [3.8, 4) is 0 Å². The molecule has 7 heavy (non-hydrogen) atoms. The van der Waals surface area contributed by atoms with Gasteiger partial charge < -0.3 is 9.94 Å². The lowest BCUT2D eigenvalue weighted by molar-refractivity contribution is 0.0227. The highest BCUT2D eigenvalue weighted by Gasteiger charge is 1.94. The highest BCUT2D eigenvalue weighted by molar-refractivity contribution is 4.40. The van der Waals surface area contributed by atoms with Crippen LogP contribution in [0.3, 0.4) is 0 Å². The summed E-state index contributed by atoms with van der Waals surface area (Å²) in [5, 5.41) is 11.1. The van der Waals surface area contributed by atoms with E-state index in [2.05, 4.69) is 16.1 Å². The summed E-state index contributed by atoms with van der Waals surface area (Å²) >= 11 is 0. The number of hydrogen-bond acceptors (Lipinski definition) is 4. The van der Waals surface area contributed by atoms with Crippen molar-refractivity contribution < 1.29 is 9.94 Å². The number of likely N-dealkylation sites (N-methyl/N-ethyl adjacent to an activating group) is 1. The van der Waals surface area contributed by atoms with Gasteiger partial charge in [-0.05, 0) is 7.05 Å². The zero-order valence-corrected chi connectivity index (χ0v) is 4.22. The highest BCUT2D eigenvalue weighted by atomic mass is 16.6. The normalized spacial score (nSPS) is 14.1. The Bertz CT molecular complexity index is 41.9. The second kappa shape index (κ2) is 4.01. The molecule has 0 spiro atoms. The van der Waals surface area contributed by atoms with E-state index in [0.29, 0.717) is 0 Å². The number of rotatable bonds is 3. The fourth-order valence-electron chi connectivity index (χ4n) is 0.174. The lowest BCUT2D eigenvalue weighted by Gasteiger charge is -2.04. The van der Waals surface area contributed by atoms with E-state index >= 15 is 0 Å². The first-order chi connectivity index (χ1) is 3.31. The maximum absolute atomic E-state index is 8.54. The third-order valence-corrected chi connectivity index (χ3v) is 0.587. The molecule has 1 unspecified atom stereocenters. The Morgan fingerprint density at radius 2 is 2.57 bits per heavy atom. The molecule has 0 saturated heterocycles. The molecule has 4 N–H and O–H groups in total. The molecule has 44 valence electrons. The van der Waals surface area contributed by atoms with Crippen molar-refractivity contribution in [3.05, 3.63) is 0 Å². The Morgan fingerprint density at radius 3 is 2.71 bits per heavy atom. The van der Waals surface area contributed by atoms with E-state index in [0.717, 1.165) is 0 Å². The second-order valence-corrected chi connectivity index (χ2v) is 1.14. The molecule has 0 aromatic rings. The SMILES string of the molecule is CNC(O)CON. The summed E-state index contributed by atoms with van der Waals surface area (Å²) in [5.41, 5.74) is 0. The monoisotopic (exact) mass is 106 g/mol. The Labute approximate surface area is 42.2 Å². The van der Waals surface area contributed by atoms with E-state index < -0.39 is 6.23 Å². The van der Waals surface area contributed by atoms with Gasteiger partial charge in [-0.25, -0.2) is 5.90 Å². The van der Waals surface area contributed by atoms with Crippen LogP contribution in [0.4, 0.5) is 0 Å². The molecule has 0 saturated carbocycles. The topological polar surface area (TPSA) is 67.5 Å². The third kappa shape index (κ3) is 3.68. The van der Waals surface area contributed by atoms with Crippen LogP contribution in [0.15, 0.2) is 0 Å². The van der Waals surface area contributed by atoms with E-state index in [1.165, 1.54) is 0 Å². The van der Waals surface area contributed by atoms with Gasteiger partial charge in [0.15, 0.2) is 0 Å². The fourth-order valence-corrected chi connectivity index (χ4v) is 0.174. The summed E-state index contributed by atoms with van der Waals surface area (Å²) in [6.07, 6.45) is -0.648. The van der Waals surface area contributed by atoms with Crippen LogP contribution in [-0.2, 0) is 4.84 Å². The molecule has 0 rings (SSSR count). The molecule has 0 heterocycles. The van der Waals surface area contributed by atoms with Gasteiger partial charge in [0.1, 0.15) is 12.8 Å². The molecule has 4 heteroatoms. The van der Waals surface area contributed by atoms with Gasteiger partial charge in [0.2, 0.25) is 0 Å². The zero-order valence-electron chi connectivity index (χ0n) is 4.22. The molecule has 0 radical (unpaired) electrons. The largest absolute Gasteiger partial charge is 0.376 e. The van der Waals surface area contributed by atoms with Gasteiger partial charge in [0.05, 0.1) is 0 Å². The van der Waals surface area contributed by atoms with Gasteiger partial charge in [-0.3, -0.25) is 5.32 Å². The molecular weight excluding hydrogens is 96.0 g/mol. The maximum Gasteiger partial charge on any atom is 0.130 e. The van der Waals surface area contributed by atoms with E-state index in [-0.39, 0.29) is 6.61 Å². The smallest absolute Gasteiger partial charge is 0.130 e. The Hall–Kier alpha value is -0.160. The predicted molar refractivity (Wildman–Crippen MR) is 25.2 cm³/mol. The minimum absolute atomic E-state index is 0.122. The molecule has 0 aliphatic heterocycles. The number of hydrogen-bond donors (Lipinski definition) is 3. The van der Waals surface area contributed by atoms with Crippen LogP contribution in [0.25, 0.3) is 0 Å². The van der Waals surface area contributed by atoms with Crippen molar-refractivity contribution in [1.29, 1.82) is 0 Å². The Kier molecular flexibility index (Phi) is 3.92. The van der Waals surface area contributed by atoms with Crippen LogP contribution >= 0.6 is 0 Å². The summed E-state index contributed by atoms with van der Waals surface area (Å²) in [6, 6.07) is 0. The molecule has 0 aromatic heterocycles. The van der Waals surface area contributed by atoms with E-state index in [4.69, 9.17) is 5.11 Å². The first-order valence-electron chi connectivity index (χ1n) is 1.98. The number of nitrogens with two attached hydrogens (primary N) is 1. The van der Waals surface area contributed by atoms with Crippen molar-refractivity contribution in [2.24, 2.45) is 5.90 Å². The Morgan fingerprint density at radius 1 is 2.00 bits per heavy atom. The summed E-state index contributed by atoms with van der Waals surface area (Å²) in [7, 11) is 1.61. The van der Waals surface area contributed by atoms with E-state index in [1.54, 1.807) is 7.05 Å². The quantitative estimate of drug-likeness (QED) is 0.300. The van der Waals surface area contributed by atoms with Gasteiger partial charge in [0.25, 0.3) is 0 Å². The first-order valence-corrected chi connectivity index (χ1v) is 1.98. The third-order valence-electron chi connectivity index (χ3n) is 0.587. The minimum Gasteiger partial charge on any atom is -0.376 e. The highest BCUT2D eigenvalue weighted by Crippen LogP contribution is 1.69. The van der Waals surface area contributed by atoms with Crippen LogP contribution in [0, 0.1) is 0 Å². The molecule has 0 aliphatic rings. The fraction of sp³-hybridized carbons (Fsp3) is 1.00. The van der Waals surface area contributed by atoms with Crippen molar-refractivity contribution in [2.75, 3.05) is 13.7 Å². The molecule has 0 aliphatic carbocycles. The average Bonchev–Trinajstić information content (AvgIpc) is 1.68. The number of aliphatic hydroxyl groups excluding tert-OH is 1. The maximum atomic E-state index is 8.54. The van der Waals surface area contributed by atoms with Crippen molar-refractivity contribution in [3.63, 3.8) is 0 Å². The number of nitrogens with one attached hydrogen (secondary N) is 1. The molecule has 0 amide bonds. The van der Waals surface area contributed by atoms with Crippen LogP contribution in [0.5, 0.6) is 0 Å².